The highest BCUT2D eigenvalue weighted by atomic mass is 35.5. The fourth-order valence-electron chi connectivity index (χ4n) is 2.66. The summed E-state index contributed by atoms with van der Waals surface area (Å²) in [6.07, 6.45) is 2.99. The Kier molecular flexibility index (Phi) is 3.43. The zero-order valence-corrected chi connectivity index (χ0v) is 11.3. The lowest BCUT2D eigenvalue weighted by Crippen LogP contribution is -2.27. The van der Waals surface area contributed by atoms with E-state index in [0.29, 0.717) is 5.69 Å². The summed E-state index contributed by atoms with van der Waals surface area (Å²) in [6.45, 7) is 0. The van der Waals surface area contributed by atoms with Gasteiger partial charge in [-0.3, -0.25) is 0 Å². The third-order valence-corrected chi connectivity index (χ3v) is 3.95. The molecule has 2 aromatic rings. The van der Waals surface area contributed by atoms with Gasteiger partial charge in [-0.2, -0.15) is 0 Å². The molecule has 1 N–H and O–H groups in total. The highest BCUT2D eigenvalue weighted by molar-refractivity contribution is 6.31. The highest BCUT2D eigenvalue weighted by Gasteiger charge is 2.19. The third kappa shape index (κ3) is 2.59. The molecule has 1 unspecified atom stereocenters. The second-order valence-electron chi connectivity index (χ2n) is 4.95. The van der Waals surface area contributed by atoms with Crippen LogP contribution in [0.25, 0.3) is 0 Å². The first kappa shape index (κ1) is 12.5. The maximum Gasteiger partial charge on any atom is 0.164 e. The van der Waals surface area contributed by atoms with E-state index in [9.17, 15) is 4.39 Å². The first-order chi connectivity index (χ1) is 9.24. The Morgan fingerprint density at radius 1 is 1.05 bits per heavy atom. The molecule has 1 atom stereocenters. The number of nitrogens with one attached hydrogen (secondary N) is 1. The molecule has 0 saturated carbocycles. The van der Waals surface area contributed by atoms with Crippen LogP contribution in [-0.2, 0) is 12.8 Å². The van der Waals surface area contributed by atoms with Gasteiger partial charge in [0.05, 0.1) is 10.7 Å². The van der Waals surface area contributed by atoms with Crippen LogP contribution in [0.15, 0.2) is 42.5 Å². The monoisotopic (exact) mass is 275 g/mol. The number of hydrogen-bond donors (Lipinski definition) is 1. The van der Waals surface area contributed by atoms with E-state index in [0.717, 1.165) is 19.3 Å². The van der Waals surface area contributed by atoms with E-state index in [4.69, 9.17) is 11.6 Å². The topological polar surface area (TPSA) is 12.0 Å². The molecule has 0 bridgehead atoms. The Bertz CT molecular complexity index is 597. The minimum atomic E-state index is -0.358. The van der Waals surface area contributed by atoms with Gasteiger partial charge in [0.1, 0.15) is 0 Å². The number of rotatable bonds is 2. The van der Waals surface area contributed by atoms with Crippen molar-refractivity contribution in [3.05, 3.63) is 64.4 Å². The molecular weight excluding hydrogens is 261 g/mol. The summed E-state index contributed by atoms with van der Waals surface area (Å²) in [6, 6.07) is 13.8. The van der Waals surface area contributed by atoms with Crippen LogP contribution in [0.3, 0.4) is 0 Å². The van der Waals surface area contributed by atoms with Gasteiger partial charge < -0.3 is 5.32 Å². The van der Waals surface area contributed by atoms with Gasteiger partial charge in [0, 0.05) is 6.04 Å². The maximum atomic E-state index is 13.9. The predicted octanol–water partition coefficient (Wildman–Crippen LogP) is 4.45. The highest BCUT2D eigenvalue weighted by Crippen LogP contribution is 2.27. The SMILES string of the molecule is Fc1c(Cl)cccc1NC1CCc2ccccc2C1. The summed E-state index contributed by atoms with van der Waals surface area (Å²) in [7, 11) is 0. The van der Waals surface area contributed by atoms with Gasteiger partial charge in [0.15, 0.2) is 5.82 Å². The van der Waals surface area contributed by atoms with Crippen LogP contribution in [0.5, 0.6) is 0 Å². The number of fused-ring (bicyclic) bond motifs is 1. The zero-order chi connectivity index (χ0) is 13.2. The minimum Gasteiger partial charge on any atom is -0.380 e. The van der Waals surface area contributed by atoms with Crippen molar-refractivity contribution in [2.45, 2.75) is 25.3 Å². The van der Waals surface area contributed by atoms with E-state index in [1.54, 1.807) is 18.2 Å². The molecule has 1 aliphatic carbocycles. The van der Waals surface area contributed by atoms with Crippen molar-refractivity contribution in [1.82, 2.24) is 0 Å². The average Bonchev–Trinajstić information content (AvgIpc) is 2.44. The molecule has 98 valence electrons. The Morgan fingerprint density at radius 3 is 2.68 bits per heavy atom. The van der Waals surface area contributed by atoms with Crippen LogP contribution >= 0.6 is 11.6 Å². The minimum absolute atomic E-state index is 0.168. The average molecular weight is 276 g/mol. The molecule has 19 heavy (non-hydrogen) atoms. The molecule has 0 radical (unpaired) electrons. The quantitative estimate of drug-likeness (QED) is 0.854. The van der Waals surface area contributed by atoms with E-state index in [-0.39, 0.29) is 16.9 Å². The summed E-state index contributed by atoms with van der Waals surface area (Å²) < 4.78 is 13.9. The van der Waals surface area contributed by atoms with Crippen LogP contribution in [-0.4, -0.2) is 6.04 Å². The van der Waals surface area contributed by atoms with E-state index >= 15 is 0 Å². The van der Waals surface area contributed by atoms with E-state index < -0.39 is 0 Å². The molecule has 0 aliphatic heterocycles. The molecule has 0 aromatic heterocycles. The predicted molar refractivity (Wildman–Crippen MR) is 77.3 cm³/mol. The summed E-state index contributed by atoms with van der Waals surface area (Å²) in [5.41, 5.74) is 3.26. The van der Waals surface area contributed by atoms with Gasteiger partial charge in [0.25, 0.3) is 0 Å². The summed E-state index contributed by atoms with van der Waals surface area (Å²) in [4.78, 5) is 0. The molecule has 1 aliphatic rings. The van der Waals surface area contributed by atoms with Crippen LogP contribution in [0.4, 0.5) is 10.1 Å². The lowest BCUT2D eigenvalue weighted by molar-refractivity contribution is 0.592. The first-order valence-corrected chi connectivity index (χ1v) is 6.89. The first-order valence-electron chi connectivity index (χ1n) is 6.51. The number of benzene rings is 2. The standard InChI is InChI=1S/C16H15ClFN/c17-14-6-3-7-15(16(14)18)19-13-9-8-11-4-1-2-5-12(11)10-13/h1-7,13,19H,8-10H2. The lowest BCUT2D eigenvalue weighted by atomic mass is 9.88. The zero-order valence-electron chi connectivity index (χ0n) is 10.5. The van der Waals surface area contributed by atoms with Gasteiger partial charge in [-0.05, 0) is 42.5 Å². The van der Waals surface area contributed by atoms with Crippen LogP contribution in [0, 0.1) is 5.82 Å². The molecule has 0 fully saturated rings. The Morgan fingerprint density at radius 2 is 1.84 bits per heavy atom. The van der Waals surface area contributed by atoms with Crippen molar-refractivity contribution in [1.29, 1.82) is 0 Å². The second-order valence-corrected chi connectivity index (χ2v) is 5.36. The Balaban J connectivity index is 1.77. The smallest absolute Gasteiger partial charge is 0.164 e. The van der Waals surface area contributed by atoms with E-state index in [1.807, 2.05) is 0 Å². The van der Waals surface area contributed by atoms with Gasteiger partial charge in [-0.15, -0.1) is 0 Å². The Labute approximate surface area is 117 Å². The Hall–Kier alpha value is -1.54. The van der Waals surface area contributed by atoms with Crippen LogP contribution in [0.2, 0.25) is 5.02 Å². The second kappa shape index (κ2) is 5.22. The molecule has 3 heteroatoms. The van der Waals surface area contributed by atoms with Gasteiger partial charge >= 0.3 is 0 Å². The fraction of sp³-hybridized carbons (Fsp3) is 0.250. The van der Waals surface area contributed by atoms with Crippen LogP contribution in [0.1, 0.15) is 17.5 Å². The van der Waals surface area contributed by atoms with Crippen molar-refractivity contribution in [2.75, 3.05) is 5.32 Å². The molecule has 0 heterocycles. The molecule has 0 saturated heterocycles. The number of halogens is 2. The number of anilines is 1. The normalized spacial score (nSPS) is 17.9. The third-order valence-electron chi connectivity index (χ3n) is 3.66. The summed E-state index contributed by atoms with van der Waals surface area (Å²) in [5.74, 6) is -0.358. The van der Waals surface area contributed by atoms with E-state index in [2.05, 4.69) is 29.6 Å². The lowest BCUT2D eigenvalue weighted by Gasteiger charge is -2.26. The van der Waals surface area contributed by atoms with Crippen molar-refractivity contribution in [3.8, 4) is 0 Å². The van der Waals surface area contributed by atoms with Gasteiger partial charge in [-0.1, -0.05) is 41.9 Å². The van der Waals surface area contributed by atoms with Crippen molar-refractivity contribution in [3.63, 3.8) is 0 Å². The fourth-order valence-corrected chi connectivity index (χ4v) is 2.83. The van der Waals surface area contributed by atoms with Crippen molar-refractivity contribution >= 4 is 17.3 Å². The molecule has 0 amide bonds. The summed E-state index contributed by atoms with van der Waals surface area (Å²) in [5, 5.41) is 3.44. The largest absolute Gasteiger partial charge is 0.380 e. The number of aryl methyl sites for hydroxylation is 1. The number of hydrogen-bond acceptors (Lipinski definition) is 1. The van der Waals surface area contributed by atoms with Gasteiger partial charge in [0.2, 0.25) is 0 Å². The molecule has 3 rings (SSSR count). The molecule has 2 aromatic carbocycles. The summed E-state index contributed by atoms with van der Waals surface area (Å²) >= 11 is 5.80. The molecule has 0 spiro atoms. The van der Waals surface area contributed by atoms with Gasteiger partial charge in [-0.25, -0.2) is 4.39 Å². The van der Waals surface area contributed by atoms with Crippen LogP contribution < -0.4 is 5.32 Å². The van der Waals surface area contributed by atoms with Crippen molar-refractivity contribution in [2.24, 2.45) is 0 Å². The molecule has 1 nitrogen and oxygen atoms in total. The van der Waals surface area contributed by atoms with E-state index in [1.165, 1.54) is 11.1 Å². The molecular formula is C16H15ClFN. The maximum absolute atomic E-state index is 13.9. The van der Waals surface area contributed by atoms with Crippen molar-refractivity contribution < 1.29 is 4.39 Å².